The van der Waals surface area contributed by atoms with Gasteiger partial charge in [0.1, 0.15) is 0 Å². The van der Waals surface area contributed by atoms with Crippen molar-refractivity contribution in [1.29, 1.82) is 0 Å². The molecule has 2 rings (SSSR count). The van der Waals surface area contributed by atoms with E-state index in [-0.39, 0.29) is 11.7 Å². The molecule has 4 nitrogen and oxygen atoms in total. The molecule has 1 aliphatic carbocycles. The maximum absolute atomic E-state index is 12.4. The molecule has 0 aromatic heterocycles. The summed E-state index contributed by atoms with van der Waals surface area (Å²) in [5, 5.41) is 0. The van der Waals surface area contributed by atoms with Crippen LogP contribution in [0.25, 0.3) is 0 Å². The molecule has 1 amide bonds. The summed E-state index contributed by atoms with van der Waals surface area (Å²) in [6.45, 7) is 1.53. The summed E-state index contributed by atoms with van der Waals surface area (Å²) < 4.78 is 0. The van der Waals surface area contributed by atoms with Gasteiger partial charge in [0.15, 0.2) is 5.78 Å². The van der Waals surface area contributed by atoms with E-state index in [9.17, 15) is 9.59 Å². The Kier molecular flexibility index (Phi) is 3.93. The van der Waals surface area contributed by atoms with E-state index in [0.717, 1.165) is 35.2 Å². The second-order valence-electron chi connectivity index (χ2n) is 5.37. The van der Waals surface area contributed by atoms with Crippen molar-refractivity contribution in [3.05, 3.63) is 41.1 Å². The molecule has 106 valence electrons. The molecule has 0 saturated carbocycles. The molecule has 0 saturated heterocycles. The van der Waals surface area contributed by atoms with Crippen molar-refractivity contribution in [3.8, 4) is 0 Å². The second kappa shape index (κ2) is 5.49. The molecule has 0 radical (unpaired) electrons. The number of allylic oxidation sites excluding steroid dienone is 1. The molecule has 0 N–H and O–H groups in total. The molecule has 0 unspecified atom stereocenters. The number of aryl methyl sites for hydroxylation is 1. The van der Waals surface area contributed by atoms with Crippen LogP contribution in [-0.2, 0) is 11.2 Å². The summed E-state index contributed by atoms with van der Waals surface area (Å²) in [7, 11) is 5.58. The first-order chi connectivity index (χ1) is 9.40. The Balaban J connectivity index is 2.36. The Morgan fingerprint density at radius 3 is 2.50 bits per heavy atom. The molecule has 20 heavy (non-hydrogen) atoms. The number of fused-ring (bicyclic) bond motifs is 1. The van der Waals surface area contributed by atoms with Crippen LogP contribution in [0.4, 0.5) is 5.69 Å². The Morgan fingerprint density at radius 2 is 1.90 bits per heavy atom. The van der Waals surface area contributed by atoms with Crippen LogP contribution in [0.5, 0.6) is 0 Å². The molecule has 0 aliphatic heterocycles. The topological polar surface area (TPSA) is 40.6 Å². The number of rotatable bonds is 2. The number of carbonyl (C=O) groups is 2. The number of anilines is 1. The Morgan fingerprint density at radius 1 is 1.20 bits per heavy atom. The van der Waals surface area contributed by atoms with Crippen LogP contribution in [0.15, 0.2) is 30.0 Å². The zero-order chi connectivity index (χ0) is 14.9. The molecule has 1 aromatic rings. The molecule has 0 bridgehead atoms. The van der Waals surface area contributed by atoms with Gasteiger partial charge in [-0.2, -0.15) is 0 Å². The van der Waals surface area contributed by atoms with Gasteiger partial charge in [-0.1, -0.05) is 0 Å². The lowest BCUT2D eigenvalue weighted by molar-refractivity contribution is -0.116. The first-order valence-corrected chi connectivity index (χ1v) is 6.69. The Hall–Kier alpha value is -2.10. The van der Waals surface area contributed by atoms with Gasteiger partial charge in [0.05, 0.1) is 0 Å². The van der Waals surface area contributed by atoms with Crippen molar-refractivity contribution in [2.24, 2.45) is 0 Å². The van der Waals surface area contributed by atoms with Gasteiger partial charge >= 0.3 is 0 Å². The van der Waals surface area contributed by atoms with E-state index < -0.39 is 0 Å². The third-order valence-electron chi connectivity index (χ3n) is 3.56. The molecule has 0 fully saturated rings. The molecule has 0 atom stereocenters. The van der Waals surface area contributed by atoms with E-state index in [2.05, 4.69) is 0 Å². The number of carbonyl (C=O) groups excluding carboxylic acids is 2. The average molecular weight is 272 g/mol. The number of hydrogen-bond donors (Lipinski definition) is 0. The van der Waals surface area contributed by atoms with Crippen molar-refractivity contribution < 1.29 is 9.59 Å². The molecule has 0 spiro atoms. The quantitative estimate of drug-likeness (QED) is 0.775. The van der Waals surface area contributed by atoms with Crippen molar-refractivity contribution >= 4 is 17.4 Å². The third kappa shape index (κ3) is 2.74. The van der Waals surface area contributed by atoms with Crippen molar-refractivity contribution in [1.82, 2.24) is 4.90 Å². The average Bonchev–Trinajstić information content (AvgIpc) is 2.40. The fourth-order valence-electron chi connectivity index (χ4n) is 2.39. The normalized spacial score (nSPS) is 16.0. The summed E-state index contributed by atoms with van der Waals surface area (Å²) in [6, 6.07) is 5.60. The van der Waals surface area contributed by atoms with Crippen LogP contribution < -0.4 is 4.90 Å². The molecule has 4 heteroatoms. The number of nitrogens with zero attached hydrogens (tertiary/aromatic N) is 2. The van der Waals surface area contributed by atoms with E-state index in [1.165, 1.54) is 6.92 Å². The number of Topliss-reactive ketones (excluding diaryl/α,β-unsaturated/α-hetero) is 1. The van der Waals surface area contributed by atoms with Crippen molar-refractivity contribution in [2.75, 3.05) is 26.0 Å². The highest BCUT2D eigenvalue weighted by Crippen LogP contribution is 2.28. The molecular formula is C16H20N2O2. The largest absolute Gasteiger partial charge is 0.383 e. The molecule has 1 aromatic carbocycles. The number of ketones is 1. The summed E-state index contributed by atoms with van der Waals surface area (Å²) in [5.74, 6) is 0.0808. The SMILES string of the molecule is CC(=O)N(C)c1ccc2c(c1)CCC(=CN(C)C)C2=O. The second-order valence-corrected chi connectivity index (χ2v) is 5.37. The minimum atomic E-state index is -0.0136. The van der Waals surface area contributed by atoms with Crippen LogP contribution >= 0.6 is 0 Å². The third-order valence-corrected chi connectivity index (χ3v) is 3.56. The lowest BCUT2D eigenvalue weighted by atomic mass is 9.87. The summed E-state index contributed by atoms with van der Waals surface area (Å²) in [5.41, 5.74) is 3.46. The van der Waals surface area contributed by atoms with Gasteiger partial charge < -0.3 is 9.80 Å². The highest BCUT2D eigenvalue weighted by molar-refractivity contribution is 6.11. The monoisotopic (exact) mass is 272 g/mol. The van der Waals surface area contributed by atoms with Crippen molar-refractivity contribution in [2.45, 2.75) is 19.8 Å². The highest BCUT2D eigenvalue weighted by atomic mass is 16.2. The molecular weight excluding hydrogens is 252 g/mol. The van der Waals surface area contributed by atoms with E-state index in [0.29, 0.717) is 0 Å². The van der Waals surface area contributed by atoms with Gasteiger partial charge in [0.2, 0.25) is 5.91 Å². The van der Waals surface area contributed by atoms with Gasteiger partial charge in [-0.25, -0.2) is 0 Å². The maximum Gasteiger partial charge on any atom is 0.223 e. The summed E-state index contributed by atoms with van der Waals surface area (Å²) in [4.78, 5) is 27.3. The fourth-order valence-corrected chi connectivity index (χ4v) is 2.39. The van der Waals surface area contributed by atoms with Crippen LogP contribution in [0.3, 0.4) is 0 Å². The van der Waals surface area contributed by atoms with Gasteiger partial charge in [-0.3, -0.25) is 9.59 Å². The smallest absolute Gasteiger partial charge is 0.223 e. The van der Waals surface area contributed by atoms with Gasteiger partial charge in [-0.05, 0) is 36.6 Å². The van der Waals surface area contributed by atoms with Gasteiger partial charge in [-0.15, -0.1) is 0 Å². The van der Waals surface area contributed by atoms with E-state index >= 15 is 0 Å². The predicted molar refractivity (Wildman–Crippen MR) is 79.9 cm³/mol. The Bertz CT molecular complexity index is 588. The summed E-state index contributed by atoms with van der Waals surface area (Å²) in [6.07, 6.45) is 3.47. The summed E-state index contributed by atoms with van der Waals surface area (Å²) >= 11 is 0. The minimum absolute atomic E-state index is 0.0136. The zero-order valence-electron chi connectivity index (χ0n) is 12.4. The lowest BCUT2D eigenvalue weighted by Gasteiger charge is -2.22. The van der Waals surface area contributed by atoms with Crippen LogP contribution in [-0.4, -0.2) is 37.7 Å². The van der Waals surface area contributed by atoms with E-state index in [1.54, 1.807) is 11.9 Å². The Labute approximate surface area is 119 Å². The van der Waals surface area contributed by atoms with Crippen LogP contribution in [0.2, 0.25) is 0 Å². The van der Waals surface area contributed by atoms with Crippen LogP contribution in [0.1, 0.15) is 29.3 Å². The first kappa shape index (κ1) is 14.3. The van der Waals surface area contributed by atoms with Crippen molar-refractivity contribution in [3.63, 3.8) is 0 Å². The first-order valence-electron chi connectivity index (χ1n) is 6.69. The maximum atomic E-state index is 12.4. The van der Waals surface area contributed by atoms with E-state index in [4.69, 9.17) is 0 Å². The fraction of sp³-hybridized carbons (Fsp3) is 0.375. The molecule has 1 aliphatic rings. The number of amides is 1. The predicted octanol–water partition coefficient (Wildman–Crippen LogP) is 2.24. The standard InChI is InChI=1S/C16H20N2O2/c1-11(19)18(4)14-7-8-15-12(9-14)5-6-13(16(15)20)10-17(2)3/h7-10H,5-6H2,1-4H3. The van der Waals surface area contributed by atoms with E-state index in [1.807, 2.05) is 43.4 Å². The van der Waals surface area contributed by atoms with Gasteiger partial charge in [0.25, 0.3) is 0 Å². The number of benzene rings is 1. The lowest BCUT2D eigenvalue weighted by Crippen LogP contribution is -2.24. The zero-order valence-corrected chi connectivity index (χ0v) is 12.4. The molecule has 0 heterocycles. The minimum Gasteiger partial charge on any atom is -0.383 e. The van der Waals surface area contributed by atoms with Crippen LogP contribution in [0, 0.1) is 0 Å². The highest BCUT2D eigenvalue weighted by Gasteiger charge is 2.23. The van der Waals surface area contributed by atoms with Gasteiger partial charge in [0, 0.05) is 51.1 Å². The number of hydrogen-bond acceptors (Lipinski definition) is 3.